The molecule has 0 saturated carbocycles. The third kappa shape index (κ3) is 5.23. The normalized spacial score (nSPS) is 10.2. The molecule has 0 fully saturated rings. The second-order valence-electron chi connectivity index (χ2n) is 5.54. The summed E-state index contributed by atoms with van der Waals surface area (Å²) < 4.78 is 4.66. The number of anilines is 1. The van der Waals surface area contributed by atoms with Gasteiger partial charge < -0.3 is 10.1 Å². The fraction of sp³-hybridized carbons (Fsp3) is 0.250. The van der Waals surface area contributed by atoms with Gasteiger partial charge in [0.2, 0.25) is 5.91 Å². The Kier molecular flexibility index (Phi) is 6.55. The predicted octanol–water partition coefficient (Wildman–Crippen LogP) is 3.81. The molecule has 1 N–H and O–H groups in total. The molecule has 1 amide bonds. The molecule has 0 atom stereocenters. The summed E-state index contributed by atoms with van der Waals surface area (Å²) in [6.45, 7) is 3.82. The van der Waals surface area contributed by atoms with Crippen molar-refractivity contribution in [2.24, 2.45) is 0 Å². The number of rotatable bonds is 7. The molecule has 0 heterocycles. The minimum Gasteiger partial charge on any atom is -0.465 e. The Morgan fingerprint density at radius 2 is 1.62 bits per heavy atom. The fourth-order valence-electron chi connectivity index (χ4n) is 2.36. The Bertz CT molecular complexity index is 675. The summed E-state index contributed by atoms with van der Waals surface area (Å²) in [5, 5.41) is 2.89. The number of ether oxygens (including phenoxy) is 1. The molecule has 24 heavy (non-hydrogen) atoms. The lowest BCUT2D eigenvalue weighted by Crippen LogP contribution is -2.11. The van der Waals surface area contributed by atoms with Crippen molar-refractivity contribution in [3.8, 4) is 0 Å². The first-order valence-electron chi connectivity index (χ1n) is 7.97. The zero-order valence-electron chi connectivity index (χ0n) is 13.9. The summed E-state index contributed by atoms with van der Waals surface area (Å²) in [6, 6.07) is 15.0. The highest BCUT2D eigenvalue weighted by molar-refractivity contribution is 5.90. The summed E-state index contributed by atoms with van der Waals surface area (Å²) in [5.41, 5.74) is 3.57. The quantitative estimate of drug-likeness (QED) is 0.788. The lowest BCUT2D eigenvalue weighted by Gasteiger charge is -2.06. The predicted molar refractivity (Wildman–Crippen MR) is 94.9 cm³/mol. The standard InChI is InChI=1S/C20H22NO3/c1-3-15-9-13-18(14-10-15)21-19(22)6-4-5-16-7-11-17(12-8-16)20(23)24-2/h7-14H,1,3-6H2,2H3,(H,21,22). The monoisotopic (exact) mass is 324 g/mol. The van der Waals surface area contributed by atoms with Crippen molar-refractivity contribution in [3.05, 3.63) is 72.1 Å². The van der Waals surface area contributed by atoms with Crippen LogP contribution in [0.1, 0.15) is 34.3 Å². The van der Waals surface area contributed by atoms with Gasteiger partial charge in [-0.1, -0.05) is 24.3 Å². The molecular formula is C20H22NO3. The Hall–Kier alpha value is -2.62. The number of esters is 1. The number of benzene rings is 2. The van der Waals surface area contributed by atoms with Gasteiger partial charge in [0.05, 0.1) is 12.7 Å². The molecule has 2 aromatic rings. The molecule has 0 aliphatic rings. The van der Waals surface area contributed by atoms with Crippen LogP contribution in [0, 0.1) is 6.92 Å². The van der Waals surface area contributed by atoms with Crippen LogP contribution in [-0.2, 0) is 22.4 Å². The van der Waals surface area contributed by atoms with Gasteiger partial charge in [0.15, 0.2) is 0 Å². The molecule has 1 radical (unpaired) electrons. The Labute approximate surface area is 142 Å². The van der Waals surface area contributed by atoms with Crippen LogP contribution in [0.4, 0.5) is 5.69 Å². The number of carbonyl (C=O) groups is 2. The van der Waals surface area contributed by atoms with Crippen molar-refractivity contribution in [2.75, 3.05) is 12.4 Å². The van der Waals surface area contributed by atoms with E-state index in [-0.39, 0.29) is 11.9 Å². The summed E-state index contributed by atoms with van der Waals surface area (Å²) >= 11 is 0. The SMILES string of the molecule is [CH2]Cc1ccc(NC(=O)CCCc2ccc(C(=O)OC)cc2)cc1. The van der Waals surface area contributed by atoms with Crippen LogP contribution in [0.5, 0.6) is 0 Å². The second kappa shape index (κ2) is 8.87. The van der Waals surface area contributed by atoms with Crippen LogP contribution in [0.15, 0.2) is 48.5 Å². The number of amides is 1. The average Bonchev–Trinajstić information content (AvgIpc) is 2.62. The van der Waals surface area contributed by atoms with Gasteiger partial charge in [-0.15, -0.1) is 0 Å². The van der Waals surface area contributed by atoms with Gasteiger partial charge in [0.1, 0.15) is 0 Å². The van der Waals surface area contributed by atoms with E-state index in [4.69, 9.17) is 0 Å². The van der Waals surface area contributed by atoms with E-state index in [9.17, 15) is 9.59 Å². The lowest BCUT2D eigenvalue weighted by molar-refractivity contribution is -0.116. The Morgan fingerprint density at radius 3 is 2.21 bits per heavy atom. The molecule has 0 bridgehead atoms. The molecule has 2 rings (SSSR count). The average molecular weight is 324 g/mol. The highest BCUT2D eigenvalue weighted by Gasteiger charge is 2.06. The van der Waals surface area contributed by atoms with Gasteiger partial charge in [-0.25, -0.2) is 4.79 Å². The van der Waals surface area contributed by atoms with Crippen LogP contribution < -0.4 is 5.32 Å². The van der Waals surface area contributed by atoms with Gasteiger partial charge in [-0.05, 0) is 61.6 Å². The maximum absolute atomic E-state index is 12.0. The van der Waals surface area contributed by atoms with E-state index in [1.165, 1.54) is 7.11 Å². The maximum atomic E-state index is 12.0. The van der Waals surface area contributed by atoms with Crippen molar-refractivity contribution in [2.45, 2.75) is 25.7 Å². The second-order valence-corrected chi connectivity index (χ2v) is 5.54. The van der Waals surface area contributed by atoms with Gasteiger partial charge in [0.25, 0.3) is 0 Å². The molecule has 0 unspecified atom stereocenters. The first kappa shape index (κ1) is 17.7. The van der Waals surface area contributed by atoms with Crippen LogP contribution in [0.25, 0.3) is 0 Å². The zero-order valence-corrected chi connectivity index (χ0v) is 13.9. The van der Waals surface area contributed by atoms with E-state index < -0.39 is 0 Å². The molecule has 125 valence electrons. The first-order valence-corrected chi connectivity index (χ1v) is 7.97. The molecule has 0 aliphatic heterocycles. The van der Waals surface area contributed by atoms with Gasteiger partial charge in [0, 0.05) is 12.1 Å². The number of aryl methyl sites for hydroxylation is 1. The topological polar surface area (TPSA) is 55.4 Å². The van der Waals surface area contributed by atoms with Gasteiger partial charge in [-0.3, -0.25) is 4.79 Å². The largest absolute Gasteiger partial charge is 0.465 e. The van der Waals surface area contributed by atoms with Crippen molar-refractivity contribution in [3.63, 3.8) is 0 Å². The maximum Gasteiger partial charge on any atom is 0.337 e. The number of hydrogen-bond donors (Lipinski definition) is 1. The zero-order chi connectivity index (χ0) is 17.4. The highest BCUT2D eigenvalue weighted by atomic mass is 16.5. The minimum atomic E-state index is -0.342. The van der Waals surface area contributed by atoms with E-state index in [0.717, 1.165) is 36.1 Å². The van der Waals surface area contributed by atoms with Crippen molar-refractivity contribution >= 4 is 17.6 Å². The molecule has 2 aromatic carbocycles. The summed E-state index contributed by atoms with van der Waals surface area (Å²) in [6.07, 6.45) is 2.73. The van der Waals surface area contributed by atoms with E-state index in [1.54, 1.807) is 12.1 Å². The minimum absolute atomic E-state index is 0.00329. The molecular weight excluding hydrogens is 302 g/mol. The summed E-state index contributed by atoms with van der Waals surface area (Å²) in [7, 11) is 1.36. The Balaban J connectivity index is 1.76. The van der Waals surface area contributed by atoms with E-state index in [0.29, 0.717) is 12.0 Å². The first-order chi connectivity index (χ1) is 11.6. The molecule has 4 heteroatoms. The van der Waals surface area contributed by atoms with E-state index >= 15 is 0 Å². The molecule has 0 saturated heterocycles. The van der Waals surface area contributed by atoms with Crippen LogP contribution in [-0.4, -0.2) is 19.0 Å². The van der Waals surface area contributed by atoms with E-state index in [2.05, 4.69) is 17.0 Å². The highest BCUT2D eigenvalue weighted by Crippen LogP contribution is 2.12. The van der Waals surface area contributed by atoms with Gasteiger partial charge in [-0.2, -0.15) is 0 Å². The smallest absolute Gasteiger partial charge is 0.337 e. The van der Waals surface area contributed by atoms with E-state index in [1.807, 2.05) is 36.4 Å². The number of hydrogen-bond acceptors (Lipinski definition) is 3. The van der Waals surface area contributed by atoms with Crippen molar-refractivity contribution < 1.29 is 14.3 Å². The van der Waals surface area contributed by atoms with Crippen LogP contribution >= 0.6 is 0 Å². The third-order valence-corrected chi connectivity index (χ3v) is 3.77. The lowest BCUT2D eigenvalue weighted by atomic mass is 10.1. The molecule has 0 spiro atoms. The molecule has 4 nitrogen and oxygen atoms in total. The summed E-state index contributed by atoms with van der Waals surface area (Å²) in [4.78, 5) is 23.3. The van der Waals surface area contributed by atoms with Crippen LogP contribution in [0.2, 0.25) is 0 Å². The fourth-order valence-corrected chi connectivity index (χ4v) is 2.36. The summed E-state index contributed by atoms with van der Waals surface area (Å²) in [5.74, 6) is -0.339. The van der Waals surface area contributed by atoms with Crippen LogP contribution in [0.3, 0.4) is 0 Å². The number of nitrogens with one attached hydrogen (secondary N) is 1. The van der Waals surface area contributed by atoms with Crippen molar-refractivity contribution in [1.82, 2.24) is 0 Å². The van der Waals surface area contributed by atoms with Crippen molar-refractivity contribution in [1.29, 1.82) is 0 Å². The number of methoxy groups -OCH3 is 1. The number of carbonyl (C=O) groups excluding carboxylic acids is 2. The molecule has 0 aromatic heterocycles. The third-order valence-electron chi connectivity index (χ3n) is 3.77. The molecule has 0 aliphatic carbocycles. The van der Waals surface area contributed by atoms with Gasteiger partial charge >= 0.3 is 5.97 Å². The Morgan fingerprint density at radius 1 is 1.00 bits per heavy atom.